The van der Waals surface area contributed by atoms with Crippen molar-refractivity contribution in [3.63, 3.8) is 0 Å². The molecule has 1 aliphatic heterocycles. The highest BCUT2D eigenvalue weighted by Crippen LogP contribution is 2.20. The lowest BCUT2D eigenvalue weighted by Crippen LogP contribution is -2.25. The van der Waals surface area contributed by atoms with Gasteiger partial charge in [-0.25, -0.2) is 0 Å². The summed E-state index contributed by atoms with van der Waals surface area (Å²) in [6, 6.07) is 0. The van der Waals surface area contributed by atoms with Crippen LogP contribution in [-0.4, -0.2) is 44.1 Å². The monoisotopic (exact) mass is 258 g/mol. The van der Waals surface area contributed by atoms with E-state index in [4.69, 9.17) is 16.7 Å². The van der Waals surface area contributed by atoms with Gasteiger partial charge in [0, 0.05) is 19.4 Å². The fourth-order valence-corrected chi connectivity index (χ4v) is 1.87. The summed E-state index contributed by atoms with van der Waals surface area (Å²) in [4.78, 5) is 27.4. The van der Waals surface area contributed by atoms with Gasteiger partial charge in [0.25, 0.3) is 5.95 Å². The summed E-state index contributed by atoms with van der Waals surface area (Å²) in [6.07, 6.45) is 0.510. The van der Waals surface area contributed by atoms with Gasteiger partial charge < -0.3 is 5.11 Å². The molecule has 1 fully saturated rings. The summed E-state index contributed by atoms with van der Waals surface area (Å²) in [5.41, 5.74) is 0. The van der Waals surface area contributed by atoms with Gasteiger partial charge in [0.2, 0.25) is 5.91 Å². The lowest BCUT2D eigenvalue weighted by atomic mass is 10.3. The fraction of sp³-hybridized carbons (Fsp3) is 0.556. The number of carboxylic acids is 1. The highest BCUT2D eigenvalue weighted by atomic mass is 35.5. The van der Waals surface area contributed by atoms with Gasteiger partial charge in [-0.15, -0.1) is 16.7 Å². The van der Waals surface area contributed by atoms with E-state index in [0.29, 0.717) is 12.4 Å². The van der Waals surface area contributed by atoms with E-state index in [2.05, 4.69) is 15.2 Å². The van der Waals surface area contributed by atoms with Crippen molar-refractivity contribution in [3.8, 4) is 0 Å². The summed E-state index contributed by atoms with van der Waals surface area (Å²) >= 11 is 5.86. The second-order valence-electron chi connectivity index (χ2n) is 3.78. The average Bonchev–Trinajstić information content (AvgIpc) is 2.82. The number of amides is 1. The molecule has 2 heterocycles. The van der Waals surface area contributed by atoms with Crippen LogP contribution in [0.4, 0.5) is 5.95 Å². The van der Waals surface area contributed by atoms with Crippen LogP contribution < -0.4 is 4.90 Å². The van der Waals surface area contributed by atoms with Gasteiger partial charge in [0.05, 0.1) is 11.8 Å². The Hall–Kier alpha value is -1.63. The highest BCUT2D eigenvalue weighted by Gasteiger charge is 2.31. The number of alkyl halides is 1. The summed E-state index contributed by atoms with van der Waals surface area (Å²) < 4.78 is 0. The molecule has 17 heavy (non-hydrogen) atoms. The molecule has 7 nitrogen and oxygen atoms in total. The lowest BCUT2D eigenvalue weighted by Gasteiger charge is -2.09. The number of H-pyrrole nitrogens is 1. The maximum atomic E-state index is 11.5. The number of nitrogens with one attached hydrogen (secondary N) is 1. The molecule has 0 spiro atoms. The van der Waals surface area contributed by atoms with E-state index in [1.165, 1.54) is 4.90 Å². The summed E-state index contributed by atoms with van der Waals surface area (Å²) in [5.74, 6) is -0.304. The first-order chi connectivity index (χ1) is 8.06. The number of carboxylic acid groups (broad SMARTS) is 1. The van der Waals surface area contributed by atoms with Gasteiger partial charge in [-0.3, -0.25) is 19.6 Å². The predicted octanol–water partition coefficient (Wildman–Crippen LogP) is 0.166. The number of halogens is 1. The Bertz CT molecular complexity index is 447. The van der Waals surface area contributed by atoms with Crippen LogP contribution in [-0.2, 0) is 16.0 Å². The van der Waals surface area contributed by atoms with Crippen molar-refractivity contribution >= 4 is 29.4 Å². The molecule has 1 aromatic rings. The second-order valence-corrected chi connectivity index (χ2v) is 4.40. The minimum absolute atomic E-state index is 0.0271. The largest absolute Gasteiger partial charge is 0.481 e. The number of nitrogens with zero attached hydrogens (tertiary/aromatic N) is 3. The first kappa shape index (κ1) is 11.8. The van der Waals surface area contributed by atoms with E-state index in [1.54, 1.807) is 0 Å². The standard InChI is InChI=1S/C9H11ClN4O3/c10-5-3-7(15)14(4-5)9-11-6(12-13-9)1-2-8(16)17/h5H,1-4H2,(H,16,17)(H,11,12,13). The third kappa shape index (κ3) is 2.73. The Balaban J connectivity index is 2.03. The van der Waals surface area contributed by atoms with Gasteiger partial charge in [-0.05, 0) is 0 Å². The number of carbonyl (C=O) groups is 2. The molecular weight excluding hydrogens is 248 g/mol. The zero-order chi connectivity index (χ0) is 12.4. The Labute approximate surface area is 102 Å². The van der Waals surface area contributed by atoms with Gasteiger partial charge in [-0.2, -0.15) is 4.98 Å². The van der Waals surface area contributed by atoms with Crippen LogP contribution in [0.1, 0.15) is 18.7 Å². The molecular formula is C9H11ClN4O3. The highest BCUT2D eigenvalue weighted by molar-refractivity contribution is 6.24. The quantitative estimate of drug-likeness (QED) is 0.750. The Morgan fingerprint density at radius 2 is 2.41 bits per heavy atom. The van der Waals surface area contributed by atoms with Crippen molar-refractivity contribution in [3.05, 3.63) is 5.82 Å². The predicted molar refractivity (Wildman–Crippen MR) is 59.0 cm³/mol. The Morgan fingerprint density at radius 3 is 3.00 bits per heavy atom. The zero-order valence-corrected chi connectivity index (χ0v) is 9.65. The van der Waals surface area contributed by atoms with E-state index in [-0.39, 0.29) is 36.5 Å². The zero-order valence-electron chi connectivity index (χ0n) is 8.89. The molecule has 2 N–H and O–H groups in total. The number of aromatic amines is 1. The van der Waals surface area contributed by atoms with Crippen molar-refractivity contribution in [2.45, 2.75) is 24.6 Å². The van der Waals surface area contributed by atoms with E-state index in [0.717, 1.165) is 0 Å². The Morgan fingerprint density at radius 1 is 1.65 bits per heavy atom. The molecule has 2 rings (SSSR count). The molecule has 0 aromatic carbocycles. The molecule has 1 aromatic heterocycles. The van der Waals surface area contributed by atoms with E-state index < -0.39 is 5.97 Å². The topological polar surface area (TPSA) is 99.2 Å². The first-order valence-corrected chi connectivity index (χ1v) is 5.57. The number of rotatable bonds is 4. The van der Waals surface area contributed by atoms with Gasteiger partial charge in [0.1, 0.15) is 5.82 Å². The molecule has 1 atom stereocenters. The number of aromatic nitrogens is 3. The molecule has 1 amide bonds. The van der Waals surface area contributed by atoms with E-state index in [9.17, 15) is 9.59 Å². The number of anilines is 1. The van der Waals surface area contributed by atoms with Gasteiger partial charge in [-0.1, -0.05) is 0 Å². The minimum Gasteiger partial charge on any atom is -0.481 e. The van der Waals surface area contributed by atoms with Crippen LogP contribution in [0.5, 0.6) is 0 Å². The molecule has 0 bridgehead atoms. The van der Waals surface area contributed by atoms with Crippen LogP contribution >= 0.6 is 11.6 Å². The average molecular weight is 259 g/mol. The van der Waals surface area contributed by atoms with Gasteiger partial charge >= 0.3 is 5.97 Å². The van der Waals surface area contributed by atoms with Crippen LogP contribution in [0.2, 0.25) is 0 Å². The molecule has 0 saturated carbocycles. The van der Waals surface area contributed by atoms with Crippen molar-refractivity contribution in [1.82, 2.24) is 15.2 Å². The van der Waals surface area contributed by atoms with E-state index in [1.807, 2.05) is 0 Å². The van der Waals surface area contributed by atoms with Crippen LogP contribution in [0, 0.1) is 0 Å². The maximum Gasteiger partial charge on any atom is 0.303 e. The SMILES string of the molecule is O=C(O)CCc1nc(N2CC(Cl)CC2=O)n[nH]1. The van der Waals surface area contributed by atoms with Crippen molar-refractivity contribution in [2.24, 2.45) is 0 Å². The molecule has 0 aliphatic carbocycles. The molecule has 92 valence electrons. The number of carbonyl (C=O) groups excluding carboxylic acids is 1. The molecule has 0 radical (unpaired) electrons. The third-order valence-electron chi connectivity index (χ3n) is 2.41. The first-order valence-electron chi connectivity index (χ1n) is 5.14. The third-order valence-corrected chi connectivity index (χ3v) is 2.71. The number of hydrogen-bond donors (Lipinski definition) is 2. The van der Waals surface area contributed by atoms with E-state index >= 15 is 0 Å². The fourth-order valence-electron chi connectivity index (χ4n) is 1.60. The maximum absolute atomic E-state index is 11.5. The normalized spacial score (nSPS) is 19.9. The Kier molecular flexibility index (Phi) is 3.28. The summed E-state index contributed by atoms with van der Waals surface area (Å²) in [7, 11) is 0. The second kappa shape index (κ2) is 4.70. The number of hydrogen-bond acceptors (Lipinski definition) is 4. The number of aryl methyl sites for hydroxylation is 1. The smallest absolute Gasteiger partial charge is 0.303 e. The summed E-state index contributed by atoms with van der Waals surface area (Å²) in [6.45, 7) is 0.386. The molecule has 1 aliphatic rings. The number of aliphatic carboxylic acids is 1. The van der Waals surface area contributed by atoms with Crippen molar-refractivity contribution < 1.29 is 14.7 Å². The molecule has 1 saturated heterocycles. The van der Waals surface area contributed by atoms with Crippen LogP contribution in [0.15, 0.2) is 0 Å². The minimum atomic E-state index is -0.902. The molecule has 1 unspecified atom stereocenters. The van der Waals surface area contributed by atoms with Crippen molar-refractivity contribution in [2.75, 3.05) is 11.4 Å². The van der Waals surface area contributed by atoms with Crippen LogP contribution in [0.3, 0.4) is 0 Å². The summed E-state index contributed by atoms with van der Waals surface area (Å²) in [5, 5.41) is 14.8. The van der Waals surface area contributed by atoms with Crippen LogP contribution in [0.25, 0.3) is 0 Å². The van der Waals surface area contributed by atoms with Gasteiger partial charge in [0.15, 0.2) is 0 Å². The molecule has 8 heteroatoms. The lowest BCUT2D eigenvalue weighted by molar-refractivity contribution is -0.137. The van der Waals surface area contributed by atoms with Crippen molar-refractivity contribution in [1.29, 1.82) is 0 Å².